The van der Waals surface area contributed by atoms with Gasteiger partial charge in [0.05, 0.1) is 13.2 Å². The lowest BCUT2D eigenvalue weighted by molar-refractivity contribution is 0.0368. The number of nitrogens with two attached hydrogens (primary N) is 1. The van der Waals surface area contributed by atoms with Gasteiger partial charge in [-0.25, -0.2) is 8.78 Å². The second-order valence-corrected chi connectivity index (χ2v) is 5.58. The molecule has 4 nitrogen and oxygen atoms in total. The predicted molar refractivity (Wildman–Crippen MR) is 82.6 cm³/mol. The van der Waals surface area contributed by atoms with Gasteiger partial charge in [-0.15, -0.1) is 0 Å². The van der Waals surface area contributed by atoms with E-state index in [4.69, 9.17) is 22.7 Å². The lowest BCUT2D eigenvalue weighted by Gasteiger charge is -2.29. The highest BCUT2D eigenvalue weighted by molar-refractivity contribution is 7.80. The quantitative estimate of drug-likeness (QED) is 0.811. The molecule has 21 heavy (non-hydrogen) atoms. The van der Waals surface area contributed by atoms with Crippen LogP contribution in [0.1, 0.15) is 12.5 Å². The summed E-state index contributed by atoms with van der Waals surface area (Å²) < 4.78 is 33.2. The van der Waals surface area contributed by atoms with Gasteiger partial charge >= 0.3 is 0 Å². The van der Waals surface area contributed by atoms with Crippen molar-refractivity contribution >= 4 is 22.9 Å². The topological polar surface area (TPSA) is 50.5 Å². The zero-order valence-corrected chi connectivity index (χ0v) is 12.7. The number of thiocarbonyl (C=S) groups is 1. The van der Waals surface area contributed by atoms with Crippen molar-refractivity contribution in [1.82, 2.24) is 4.90 Å². The Morgan fingerprint density at radius 1 is 1.38 bits per heavy atom. The van der Waals surface area contributed by atoms with Gasteiger partial charge in [0.15, 0.2) is 0 Å². The van der Waals surface area contributed by atoms with Crippen molar-refractivity contribution in [2.75, 3.05) is 38.2 Å². The van der Waals surface area contributed by atoms with Crippen molar-refractivity contribution < 1.29 is 13.5 Å². The van der Waals surface area contributed by atoms with Crippen molar-refractivity contribution in [3.63, 3.8) is 0 Å². The first-order chi connectivity index (χ1) is 9.97. The van der Waals surface area contributed by atoms with Crippen LogP contribution in [-0.2, 0) is 4.74 Å². The molecule has 1 aliphatic rings. The monoisotopic (exact) mass is 315 g/mol. The molecule has 3 N–H and O–H groups in total. The second-order valence-electron chi connectivity index (χ2n) is 5.14. The lowest BCUT2D eigenvalue weighted by atomic mass is 10.1. The van der Waals surface area contributed by atoms with E-state index in [2.05, 4.69) is 10.2 Å². The molecule has 2 rings (SSSR count). The summed E-state index contributed by atoms with van der Waals surface area (Å²) >= 11 is 4.73. The number of morpholine rings is 1. The van der Waals surface area contributed by atoms with Crippen LogP contribution in [0.2, 0.25) is 0 Å². The van der Waals surface area contributed by atoms with Crippen LogP contribution in [-0.4, -0.2) is 48.8 Å². The van der Waals surface area contributed by atoms with E-state index in [0.29, 0.717) is 19.8 Å². The molecule has 0 radical (unpaired) electrons. The standard InChI is InChI=1S/C14H19F2N3OS/c1-9(8-19-2-4-20-5-3-19)18-13-11(15)6-10(14(17)21)7-12(13)16/h6-7,9,18H,2-5,8H2,1H3,(H2,17,21). The summed E-state index contributed by atoms with van der Waals surface area (Å²) in [5, 5.41) is 2.88. The van der Waals surface area contributed by atoms with Gasteiger partial charge < -0.3 is 15.8 Å². The zero-order valence-electron chi connectivity index (χ0n) is 11.9. The van der Waals surface area contributed by atoms with Gasteiger partial charge in [-0.1, -0.05) is 12.2 Å². The van der Waals surface area contributed by atoms with E-state index in [1.807, 2.05) is 6.92 Å². The summed E-state index contributed by atoms with van der Waals surface area (Å²) in [6.07, 6.45) is 0. The largest absolute Gasteiger partial charge is 0.389 e. The number of nitrogens with one attached hydrogen (secondary N) is 1. The van der Waals surface area contributed by atoms with Crippen molar-refractivity contribution in [1.29, 1.82) is 0 Å². The predicted octanol–water partition coefficient (Wildman–Crippen LogP) is 1.73. The SMILES string of the molecule is CC(CN1CCOCC1)Nc1c(F)cc(C(N)=S)cc1F. The minimum atomic E-state index is -0.688. The highest BCUT2D eigenvalue weighted by Crippen LogP contribution is 2.22. The molecule has 1 aromatic rings. The number of anilines is 1. The Bertz CT molecular complexity index is 498. The summed E-state index contributed by atoms with van der Waals surface area (Å²) in [6, 6.07) is 2.20. The molecule has 1 heterocycles. The fraction of sp³-hybridized carbons (Fsp3) is 0.500. The first-order valence-corrected chi connectivity index (χ1v) is 7.23. The fourth-order valence-corrected chi connectivity index (χ4v) is 2.43. The van der Waals surface area contributed by atoms with Crippen LogP contribution < -0.4 is 11.1 Å². The van der Waals surface area contributed by atoms with Crippen molar-refractivity contribution in [2.45, 2.75) is 13.0 Å². The van der Waals surface area contributed by atoms with Crippen LogP contribution in [0.15, 0.2) is 12.1 Å². The fourth-order valence-electron chi connectivity index (χ4n) is 2.32. The minimum absolute atomic E-state index is 0.0271. The Morgan fingerprint density at radius 2 is 1.95 bits per heavy atom. The summed E-state index contributed by atoms with van der Waals surface area (Å²) in [5.41, 5.74) is 5.43. The van der Waals surface area contributed by atoms with Crippen LogP contribution in [0.25, 0.3) is 0 Å². The van der Waals surface area contributed by atoms with Gasteiger partial charge in [-0.05, 0) is 19.1 Å². The number of rotatable bonds is 5. The van der Waals surface area contributed by atoms with Gasteiger partial charge in [-0.2, -0.15) is 0 Å². The Morgan fingerprint density at radius 3 is 2.48 bits per heavy atom. The lowest BCUT2D eigenvalue weighted by Crippen LogP contribution is -2.42. The Hall–Kier alpha value is -1.31. The molecule has 1 atom stereocenters. The van der Waals surface area contributed by atoms with Crippen molar-refractivity contribution in [3.8, 4) is 0 Å². The second kappa shape index (κ2) is 7.11. The van der Waals surface area contributed by atoms with E-state index in [0.717, 1.165) is 25.2 Å². The van der Waals surface area contributed by atoms with Crippen LogP contribution in [0.4, 0.5) is 14.5 Å². The zero-order chi connectivity index (χ0) is 15.4. The molecular formula is C14H19F2N3OS. The molecule has 0 saturated carbocycles. The summed E-state index contributed by atoms with van der Waals surface area (Å²) in [7, 11) is 0. The third-order valence-corrected chi connectivity index (χ3v) is 3.59. The highest BCUT2D eigenvalue weighted by atomic mass is 32.1. The number of benzene rings is 1. The van der Waals surface area contributed by atoms with Gasteiger partial charge in [0.25, 0.3) is 0 Å². The molecule has 0 aromatic heterocycles. The number of halogens is 2. The van der Waals surface area contributed by atoms with Gasteiger partial charge in [0, 0.05) is 31.2 Å². The van der Waals surface area contributed by atoms with Crippen LogP contribution in [0.5, 0.6) is 0 Å². The van der Waals surface area contributed by atoms with Crippen LogP contribution in [0.3, 0.4) is 0 Å². The van der Waals surface area contributed by atoms with E-state index in [1.165, 1.54) is 0 Å². The van der Waals surface area contributed by atoms with Gasteiger partial charge in [0.1, 0.15) is 22.3 Å². The van der Waals surface area contributed by atoms with E-state index >= 15 is 0 Å². The molecular weight excluding hydrogens is 296 g/mol. The number of ether oxygens (including phenoxy) is 1. The maximum Gasteiger partial charge on any atom is 0.150 e. The molecule has 116 valence electrons. The minimum Gasteiger partial charge on any atom is -0.389 e. The van der Waals surface area contributed by atoms with E-state index in [-0.39, 0.29) is 22.3 Å². The summed E-state index contributed by atoms with van der Waals surface area (Å²) in [5.74, 6) is -1.38. The number of nitrogens with zero attached hydrogens (tertiary/aromatic N) is 1. The Labute approximate surface area is 128 Å². The number of hydrogen-bond donors (Lipinski definition) is 2. The van der Waals surface area contributed by atoms with E-state index in [1.54, 1.807) is 0 Å². The third-order valence-electron chi connectivity index (χ3n) is 3.35. The highest BCUT2D eigenvalue weighted by Gasteiger charge is 2.17. The molecule has 1 saturated heterocycles. The normalized spacial score (nSPS) is 17.5. The molecule has 1 unspecified atom stereocenters. The average molecular weight is 315 g/mol. The molecule has 1 aliphatic heterocycles. The first-order valence-electron chi connectivity index (χ1n) is 6.83. The van der Waals surface area contributed by atoms with Crippen LogP contribution in [0, 0.1) is 11.6 Å². The Kier molecular flexibility index (Phi) is 5.44. The van der Waals surface area contributed by atoms with Gasteiger partial charge in [-0.3, -0.25) is 4.90 Å². The Balaban J connectivity index is 2.03. The van der Waals surface area contributed by atoms with E-state index < -0.39 is 11.6 Å². The van der Waals surface area contributed by atoms with Crippen LogP contribution >= 0.6 is 12.2 Å². The maximum absolute atomic E-state index is 14.0. The summed E-state index contributed by atoms with van der Waals surface area (Å²) in [4.78, 5) is 2.17. The smallest absolute Gasteiger partial charge is 0.150 e. The first kappa shape index (κ1) is 16.1. The maximum atomic E-state index is 14.0. The molecule has 1 fully saturated rings. The van der Waals surface area contributed by atoms with Crippen molar-refractivity contribution in [2.24, 2.45) is 5.73 Å². The number of hydrogen-bond acceptors (Lipinski definition) is 4. The molecule has 7 heteroatoms. The molecule has 0 spiro atoms. The van der Waals surface area contributed by atoms with Gasteiger partial charge in [0.2, 0.25) is 0 Å². The van der Waals surface area contributed by atoms with Crippen molar-refractivity contribution in [3.05, 3.63) is 29.3 Å². The summed E-state index contributed by atoms with van der Waals surface area (Å²) in [6.45, 7) is 5.63. The third kappa shape index (κ3) is 4.33. The van der Waals surface area contributed by atoms with E-state index in [9.17, 15) is 8.78 Å². The molecule has 1 aromatic carbocycles. The molecule has 0 aliphatic carbocycles. The average Bonchev–Trinajstić information content (AvgIpc) is 2.43. The molecule has 0 bridgehead atoms. The molecule has 0 amide bonds.